The Morgan fingerprint density at radius 2 is 2.00 bits per heavy atom. The minimum absolute atomic E-state index is 0.0500. The Hall–Kier alpha value is 0.400. The summed E-state index contributed by atoms with van der Waals surface area (Å²) in [7, 11) is 0. The van der Waals surface area contributed by atoms with Crippen molar-refractivity contribution in [2.75, 3.05) is 18.1 Å². The second-order valence-electron chi connectivity index (χ2n) is 5.94. The lowest BCUT2D eigenvalue weighted by Gasteiger charge is -2.45. The SMILES string of the molecule is C[C@H]1CCC2=C(C3(CC2)SCCS3)[C@@]1(C)CO. The van der Waals surface area contributed by atoms with Crippen LogP contribution < -0.4 is 0 Å². The molecule has 1 N–H and O–H groups in total. The van der Waals surface area contributed by atoms with Crippen molar-refractivity contribution < 1.29 is 5.11 Å². The van der Waals surface area contributed by atoms with Crippen molar-refractivity contribution in [2.45, 2.75) is 43.6 Å². The van der Waals surface area contributed by atoms with Crippen LogP contribution in [0.15, 0.2) is 11.1 Å². The van der Waals surface area contributed by atoms with Crippen LogP contribution >= 0.6 is 23.5 Å². The van der Waals surface area contributed by atoms with Crippen LogP contribution in [0.4, 0.5) is 0 Å². The summed E-state index contributed by atoms with van der Waals surface area (Å²) in [6, 6.07) is 0. The van der Waals surface area contributed by atoms with E-state index in [1.165, 1.54) is 37.2 Å². The summed E-state index contributed by atoms with van der Waals surface area (Å²) < 4.78 is 0.349. The van der Waals surface area contributed by atoms with Gasteiger partial charge >= 0.3 is 0 Å². The molecular weight excluding hydrogens is 248 g/mol. The molecule has 1 nitrogen and oxygen atoms in total. The Balaban J connectivity index is 2.07. The molecule has 0 radical (unpaired) electrons. The van der Waals surface area contributed by atoms with E-state index >= 15 is 0 Å². The van der Waals surface area contributed by atoms with Gasteiger partial charge in [0.1, 0.15) is 0 Å². The number of thioether (sulfide) groups is 2. The molecule has 0 saturated carbocycles. The smallest absolute Gasteiger partial charge is 0.0832 e. The summed E-state index contributed by atoms with van der Waals surface area (Å²) in [4.78, 5) is 0. The van der Waals surface area contributed by atoms with Crippen LogP contribution in [0.3, 0.4) is 0 Å². The summed E-state index contributed by atoms with van der Waals surface area (Å²) in [5, 5.41) is 9.96. The van der Waals surface area contributed by atoms with Crippen molar-refractivity contribution in [3.63, 3.8) is 0 Å². The van der Waals surface area contributed by atoms with Gasteiger partial charge in [0.15, 0.2) is 0 Å². The molecule has 1 spiro atoms. The van der Waals surface area contributed by atoms with E-state index in [0.717, 1.165) is 0 Å². The molecule has 0 unspecified atom stereocenters. The minimum atomic E-state index is 0.0500. The second-order valence-corrected chi connectivity index (χ2v) is 8.99. The molecule has 3 heteroatoms. The van der Waals surface area contributed by atoms with Crippen LogP contribution in [0, 0.1) is 11.3 Å². The van der Waals surface area contributed by atoms with E-state index in [1.54, 1.807) is 11.1 Å². The molecule has 0 amide bonds. The van der Waals surface area contributed by atoms with Gasteiger partial charge in [-0.2, -0.15) is 0 Å². The average Bonchev–Trinajstić information content (AvgIpc) is 2.94. The molecule has 0 aromatic rings. The molecule has 3 rings (SSSR count). The van der Waals surface area contributed by atoms with E-state index in [2.05, 4.69) is 37.4 Å². The van der Waals surface area contributed by atoms with Crippen LogP contribution in [-0.4, -0.2) is 27.3 Å². The van der Waals surface area contributed by atoms with E-state index in [1.807, 2.05) is 0 Å². The zero-order valence-corrected chi connectivity index (χ0v) is 12.4. The first-order valence-corrected chi connectivity index (χ1v) is 8.71. The second kappa shape index (κ2) is 4.21. The summed E-state index contributed by atoms with van der Waals surface area (Å²) in [5.74, 6) is 3.21. The maximum atomic E-state index is 9.96. The number of fused-ring (bicyclic) bond motifs is 1. The van der Waals surface area contributed by atoms with Crippen molar-refractivity contribution in [3.05, 3.63) is 11.1 Å². The Labute approximate surface area is 113 Å². The van der Waals surface area contributed by atoms with Gasteiger partial charge in [0.05, 0.1) is 10.7 Å². The fourth-order valence-electron chi connectivity index (χ4n) is 3.86. The van der Waals surface area contributed by atoms with E-state index < -0.39 is 0 Å². The number of aliphatic hydroxyl groups excluding tert-OH is 1. The molecule has 0 aromatic carbocycles. The lowest BCUT2D eigenvalue weighted by Crippen LogP contribution is -2.40. The summed E-state index contributed by atoms with van der Waals surface area (Å²) in [6.07, 6.45) is 5.16. The first kappa shape index (κ1) is 12.4. The lowest BCUT2D eigenvalue weighted by molar-refractivity contribution is 0.106. The molecule has 0 aromatic heterocycles. The highest BCUT2D eigenvalue weighted by atomic mass is 32.2. The normalized spacial score (nSPS) is 40.1. The zero-order valence-electron chi connectivity index (χ0n) is 10.8. The standard InChI is InChI=1S/C14H22OS2/c1-10-3-4-11-5-6-14(16-7-8-17-14)12(11)13(10,2)9-15/h10,15H,3-9H2,1-2H3/t10-,13-/m0/s1. The van der Waals surface area contributed by atoms with Crippen LogP contribution in [0.1, 0.15) is 39.5 Å². The van der Waals surface area contributed by atoms with Gasteiger partial charge in [0.25, 0.3) is 0 Å². The number of hydrogen-bond donors (Lipinski definition) is 1. The van der Waals surface area contributed by atoms with Crippen molar-refractivity contribution in [1.29, 1.82) is 0 Å². The molecule has 1 aliphatic heterocycles. The molecular formula is C14H22OS2. The highest BCUT2D eigenvalue weighted by Crippen LogP contribution is 2.65. The summed E-state index contributed by atoms with van der Waals surface area (Å²) in [5.41, 5.74) is 3.40. The topological polar surface area (TPSA) is 20.2 Å². The first-order valence-electron chi connectivity index (χ1n) is 6.74. The van der Waals surface area contributed by atoms with E-state index in [-0.39, 0.29) is 5.41 Å². The Kier molecular flexibility index (Phi) is 3.08. The average molecular weight is 270 g/mol. The van der Waals surface area contributed by atoms with Crippen molar-refractivity contribution in [2.24, 2.45) is 11.3 Å². The Bertz CT molecular complexity index is 357. The molecule has 96 valence electrons. The van der Waals surface area contributed by atoms with Gasteiger partial charge in [0, 0.05) is 16.9 Å². The van der Waals surface area contributed by atoms with Crippen LogP contribution in [0.2, 0.25) is 0 Å². The quantitative estimate of drug-likeness (QED) is 0.734. The van der Waals surface area contributed by atoms with E-state index in [9.17, 15) is 5.11 Å². The van der Waals surface area contributed by atoms with Crippen LogP contribution in [0.5, 0.6) is 0 Å². The fourth-order valence-corrected chi connectivity index (χ4v) is 7.55. The molecule has 17 heavy (non-hydrogen) atoms. The lowest BCUT2D eigenvalue weighted by atomic mass is 9.65. The van der Waals surface area contributed by atoms with Crippen molar-refractivity contribution >= 4 is 23.5 Å². The van der Waals surface area contributed by atoms with Gasteiger partial charge < -0.3 is 5.11 Å². The van der Waals surface area contributed by atoms with Crippen LogP contribution in [0.25, 0.3) is 0 Å². The third-order valence-corrected chi connectivity index (χ3v) is 8.64. The van der Waals surface area contributed by atoms with Gasteiger partial charge in [-0.3, -0.25) is 0 Å². The van der Waals surface area contributed by atoms with Gasteiger partial charge in [-0.15, -0.1) is 23.5 Å². The largest absolute Gasteiger partial charge is 0.395 e. The number of allylic oxidation sites excluding steroid dienone is 1. The van der Waals surface area contributed by atoms with E-state index in [4.69, 9.17) is 0 Å². The highest BCUT2D eigenvalue weighted by molar-refractivity contribution is 8.21. The van der Waals surface area contributed by atoms with Crippen molar-refractivity contribution in [3.8, 4) is 0 Å². The molecule has 1 fully saturated rings. The number of aliphatic hydroxyl groups is 1. The predicted octanol–water partition coefficient (Wildman–Crippen LogP) is 3.68. The van der Waals surface area contributed by atoms with Gasteiger partial charge in [-0.1, -0.05) is 19.4 Å². The van der Waals surface area contributed by atoms with Gasteiger partial charge in [-0.05, 0) is 37.2 Å². The van der Waals surface area contributed by atoms with Gasteiger partial charge in [0.2, 0.25) is 0 Å². The van der Waals surface area contributed by atoms with Crippen molar-refractivity contribution in [1.82, 2.24) is 0 Å². The number of rotatable bonds is 1. The van der Waals surface area contributed by atoms with E-state index in [0.29, 0.717) is 16.6 Å². The molecule has 2 aliphatic carbocycles. The monoisotopic (exact) mass is 270 g/mol. The fraction of sp³-hybridized carbons (Fsp3) is 0.857. The minimum Gasteiger partial charge on any atom is -0.395 e. The summed E-state index contributed by atoms with van der Waals surface area (Å²) in [6.45, 7) is 4.96. The predicted molar refractivity (Wildman–Crippen MR) is 77.5 cm³/mol. The molecule has 1 saturated heterocycles. The molecule has 3 aliphatic rings. The third kappa shape index (κ3) is 1.65. The van der Waals surface area contributed by atoms with Gasteiger partial charge in [-0.25, -0.2) is 0 Å². The zero-order chi connectivity index (χ0) is 12.1. The third-order valence-electron chi connectivity index (χ3n) is 5.11. The molecule has 2 atom stereocenters. The first-order chi connectivity index (χ1) is 8.12. The maximum absolute atomic E-state index is 9.96. The molecule has 0 bridgehead atoms. The maximum Gasteiger partial charge on any atom is 0.0832 e. The molecule has 1 heterocycles. The Morgan fingerprint density at radius 3 is 2.65 bits per heavy atom. The summed E-state index contributed by atoms with van der Waals surface area (Å²) >= 11 is 4.30. The number of hydrogen-bond acceptors (Lipinski definition) is 3. The van der Waals surface area contributed by atoms with Crippen LogP contribution in [-0.2, 0) is 0 Å². The Morgan fingerprint density at radius 1 is 1.29 bits per heavy atom. The highest BCUT2D eigenvalue weighted by Gasteiger charge is 2.54.